The van der Waals surface area contributed by atoms with Crippen LogP contribution >= 0.6 is 27.5 Å². The highest BCUT2D eigenvalue weighted by molar-refractivity contribution is 9.10. The molecule has 15 heavy (non-hydrogen) atoms. The molecule has 0 saturated carbocycles. The standard InChI is InChI=1S/C9H9BrClNO3/c10-5-3-4(1-2-6(5)11)7(13)8(14)9(12)15/h1-3,7-8,13-14H,(H2,12,15). The highest BCUT2D eigenvalue weighted by Crippen LogP contribution is 2.27. The van der Waals surface area contributed by atoms with E-state index in [1.165, 1.54) is 18.2 Å². The van der Waals surface area contributed by atoms with Crippen LogP contribution in [0.1, 0.15) is 11.7 Å². The van der Waals surface area contributed by atoms with Crippen LogP contribution in [-0.4, -0.2) is 22.2 Å². The van der Waals surface area contributed by atoms with Crippen molar-refractivity contribution in [2.75, 3.05) is 0 Å². The first-order chi connectivity index (χ1) is 6.93. The number of hydrogen-bond donors (Lipinski definition) is 3. The van der Waals surface area contributed by atoms with Crippen molar-refractivity contribution in [3.63, 3.8) is 0 Å². The number of rotatable bonds is 3. The van der Waals surface area contributed by atoms with Crippen LogP contribution in [0.5, 0.6) is 0 Å². The van der Waals surface area contributed by atoms with Gasteiger partial charge in [-0.1, -0.05) is 17.7 Å². The van der Waals surface area contributed by atoms with Gasteiger partial charge in [0.25, 0.3) is 0 Å². The van der Waals surface area contributed by atoms with Crippen LogP contribution in [0, 0.1) is 0 Å². The molecule has 2 unspecified atom stereocenters. The van der Waals surface area contributed by atoms with Gasteiger partial charge in [-0.3, -0.25) is 4.79 Å². The first kappa shape index (κ1) is 12.4. The lowest BCUT2D eigenvalue weighted by Gasteiger charge is -2.15. The third-order valence-corrected chi connectivity index (χ3v) is 3.09. The number of hydrogen-bond acceptors (Lipinski definition) is 3. The van der Waals surface area contributed by atoms with Gasteiger partial charge in [0.1, 0.15) is 6.10 Å². The monoisotopic (exact) mass is 293 g/mol. The average molecular weight is 295 g/mol. The van der Waals surface area contributed by atoms with Gasteiger partial charge in [0.2, 0.25) is 5.91 Å². The Hall–Kier alpha value is -0.620. The lowest BCUT2D eigenvalue weighted by Crippen LogP contribution is -2.33. The zero-order valence-corrected chi connectivity index (χ0v) is 9.86. The molecule has 82 valence electrons. The average Bonchev–Trinajstić information content (AvgIpc) is 2.19. The maximum Gasteiger partial charge on any atom is 0.249 e. The Bertz CT molecular complexity index is 386. The van der Waals surface area contributed by atoms with Crippen molar-refractivity contribution in [2.24, 2.45) is 5.73 Å². The third kappa shape index (κ3) is 2.92. The number of nitrogens with two attached hydrogens (primary N) is 1. The molecule has 0 aliphatic rings. The van der Waals surface area contributed by atoms with Gasteiger partial charge in [0, 0.05) is 4.47 Å². The molecule has 1 aromatic carbocycles. The normalized spacial score (nSPS) is 14.7. The summed E-state index contributed by atoms with van der Waals surface area (Å²) in [6.07, 6.45) is -2.98. The summed E-state index contributed by atoms with van der Waals surface area (Å²) < 4.78 is 0.567. The van der Waals surface area contributed by atoms with Gasteiger partial charge in [0.15, 0.2) is 6.10 Å². The molecule has 1 aromatic rings. The van der Waals surface area contributed by atoms with E-state index in [2.05, 4.69) is 15.9 Å². The quantitative estimate of drug-likeness (QED) is 0.777. The number of halogens is 2. The summed E-state index contributed by atoms with van der Waals surface area (Å²) >= 11 is 8.90. The van der Waals surface area contributed by atoms with Crippen LogP contribution in [0.2, 0.25) is 5.02 Å². The number of carbonyl (C=O) groups is 1. The molecule has 0 fully saturated rings. The lowest BCUT2D eigenvalue weighted by atomic mass is 10.0. The number of aliphatic hydroxyl groups is 2. The Morgan fingerprint density at radius 1 is 1.47 bits per heavy atom. The predicted octanol–water partition coefficient (Wildman–Crippen LogP) is 0.982. The minimum atomic E-state index is -1.63. The van der Waals surface area contributed by atoms with E-state index >= 15 is 0 Å². The number of aliphatic hydroxyl groups excluding tert-OH is 2. The third-order valence-electron chi connectivity index (χ3n) is 1.88. The maximum absolute atomic E-state index is 10.6. The molecule has 1 rings (SSSR count). The summed E-state index contributed by atoms with van der Waals surface area (Å²) in [5.74, 6) is -0.978. The number of benzene rings is 1. The van der Waals surface area contributed by atoms with Crippen LogP contribution in [0.25, 0.3) is 0 Å². The summed E-state index contributed by atoms with van der Waals surface area (Å²) in [7, 11) is 0. The Morgan fingerprint density at radius 3 is 2.53 bits per heavy atom. The molecular weight excluding hydrogens is 285 g/mol. The SMILES string of the molecule is NC(=O)C(O)C(O)c1ccc(Cl)c(Br)c1. The molecular formula is C9H9BrClNO3. The van der Waals surface area contributed by atoms with Crippen molar-refractivity contribution in [1.29, 1.82) is 0 Å². The minimum absolute atomic E-state index is 0.359. The van der Waals surface area contributed by atoms with Crippen LogP contribution in [0.15, 0.2) is 22.7 Å². The van der Waals surface area contributed by atoms with E-state index in [0.717, 1.165) is 0 Å². The van der Waals surface area contributed by atoms with Crippen LogP contribution in [0.3, 0.4) is 0 Å². The van der Waals surface area contributed by atoms with Crippen molar-refractivity contribution in [1.82, 2.24) is 0 Å². The molecule has 4 N–H and O–H groups in total. The molecule has 0 spiro atoms. The van der Waals surface area contributed by atoms with Crippen molar-refractivity contribution in [3.05, 3.63) is 33.3 Å². The maximum atomic E-state index is 10.6. The number of primary amides is 1. The largest absolute Gasteiger partial charge is 0.385 e. The summed E-state index contributed by atoms with van der Waals surface area (Å²) in [5.41, 5.74) is 5.21. The van der Waals surface area contributed by atoms with Crippen molar-refractivity contribution in [2.45, 2.75) is 12.2 Å². The van der Waals surface area contributed by atoms with Gasteiger partial charge in [-0.2, -0.15) is 0 Å². The van der Waals surface area contributed by atoms with E-state index in [4.69, 9.17) is 17.3 Å². The molecule has 0 bridgehead atoms. The van der Waals surface area contributed by atoms with Crippen LogP contribution in [0.4, 0.5) is 0 Å². The van der Waals surface area contributed by atoms with Gasteiger partial charge in [0.05, 0.1) is 5.02 Å². The minimum Gasteiger partial charge on any atom is -0.385 e. The van der Waals surface area contributed by atoms with Gasteiger partial charge >= 0.3 is 0 Å². The fraction of sp³-hybridized carbons (Fsp3) is 0.222. The molecule has 6 heteroatoms. The fourth-order valence-corrected chi connectivity index (χ4v) is 1.55. The van der Waals surface area contributed by atoms with Crippen LogP contribution < -0.4 is 5.73 Å². The predicted molar refractivity (Wildman–Crippen MR) is 59.3 cm³/mol. The van der Waals surface area contributed by atoms with E-state index in [-0.39, 0.29) is 0 Å². The molecule has 2 atom stereocenters. The Morgan fingerprint density at radius 2 is 2.07 bits per heavy atom. The molecule has 0 radical (unpaired) electrons. The van der Waals surface area contributed by atoms with Gasteiger partial charge in [-0.15, -0.1) is 0 Å². The van der Waals surface area contributed by atoms with Gasteiger partial charge < -0.3 is 15.9 Å². The van der Waals surface area contributed by atoms with Gasteiger partial charge in [-0.05, 0) is 33.6 Å². The first-order valence-corrected chi connectivity index (χ1v) is 5.21. The van der Waals surface area contributed by atoms with Gasteiger partial charge in [-0.25, -0.2) is 0 Å². The number of amides is 1. The van der Waals surface area contributed by atoms with E-state index in [9.17, 15) is 15.0 Å². The zero-order valence-electron chi connectivity index (χ0n) is 7.52. The second-order valence-electron chi connectivity index (χ2n) is 2.97. The van der Waals surface area contributed by atoms with E-state index in [0.29, 0.717) is 15.1 Å². The summed E-state index contributed by atoms with van der Waals surface area (Å²) in [5, 5.41) is 19.3. The Balaban J connectivity index is 2.96. The fourth-order valence-electron chi connectivity index (χ4n) is 1.03. The second-order valence-corrected chi connectivity index (χ2v) is 4.23. The molecule has 0 saturated heterocycles. The molecule has 0 aliphatic carbocycles. The van der Waals surface area contributed by atoms with E-state index in [1.807, 2.05) is 0 Å². The molecule has 0 heterocycles. The molecule has 0 aromatic heterocycles. The Labute approximate surface area is 99.8 Å². The zero-order chi connectivity index (χ0) is 11.6. The van der Waals surface area contributed by atoms with Crippen molar-refractivity contribution >= 4 is 33.4 Å². The Kier molecular flexibility index (Phi) is 4.10. The van der Waals surface area contributed by atoms with E-state index < -0.39 is 18.1 Å². The van der Waals surface area contributed by atoms with Crippen LogP contribution in [-0.2, 0) is 4.79 Å². The molecule has 0 aliphatic heterocycles. The summed E-state index contributed by atoms with van der Waals surface area (Å²) in [6, 6.07) is 4.56. The highest BCUT2D eigenvalue weighted by Gasteiger charge is 2.23. The first-order valence-electron chi connectivity index (χ1n) is 4.04. The molecule has 4 nitrogen and oxygen atoms in total. The highest BCUT2D eigenvalue weighted by atomic mass is 79.9. The summed E-state index contributed by atoms with van der Waals surface area (Å²) in [4.78, 5) is 10.6. The van der Waals surface area contributed by atoms with E-state index in [1.54, 1.807) is 0 Å². The smallest absolute Gasteiger partial charge is 0.249 e. The van der Waals surface area contributed by atoms with Crippen molar-refractivity contribution in [3.8, 4) is 0 Å². The topological polar surface area (TPSA) is 83.6 Å². The lowest BCUT2D eigenvalue weighted by molar-refractivity contribution is -0.131. The van der Waals surface area contributed by atoms with Crippen molar-refractivity contribution < 1.29 is 15.0 Å². The number of carbonyl (C=O) groups excluding carboxylic acids is 1. The second kappa shape index (κ2) is 4.94. The summed E-state index contributed by atoms with van der Waals surface area (Å²) in [6.45, 7) is 0. The molecule has 1 amide bonds.